The van der Waals surface area contributed by atoms with Crippen LogP contribution in [0.5, 0.6) is 0 Å². The van der Waals surface area contributed by atoms with Crippen molar-refractivity contribution in [2.24, 2.45) is 0 Å². The second-order valence-electron chi connectivity index (χ2n) is 8.91. The minimum Gasteiger partial charge on any atom is -0.380 e. The molecule has 3 amide bonds. The van der Waals surface area contributed by atoms with Gasteiger partial charge in [-0.25, -0.2) is 9.18 Å². The molecule has 2 N–H and O–H groups in total. The Kier molecular flexibility index (Phi) is 7.98. The molecule has 0 spiro atoms. The third-order valence-electron chi connectivity index (χ3n) is 6.27. The van der Waals surface area contributed by atoms with E-state index in [2.05, 4.69) is 10.6 Å². The first kappa shape index (κ1) is 28.1. The molecule has 4 rings (SSSR count). The van der Waals surface area contributed by atoms with Crippen molar-refractivity contribution in [3.8, 4) is 5.69 Å². The van der Waals surface area contributed by atoms with Crippen LogP contribution in [0.25, 0.3) is 5.69 Å². The van der Waals surface area contributed by atoms with Gasteiger partial charge < -0.3 is 20.3 Å². The number of halogens is 5. The van der Waals surface area contributed by atoms with Crippen LogP contribution in [-0.2, 0) is 15.7 Å². The monoisotopic (exact) mass is 566 g/mol. The Morgan fingerprint density at radius 1 is 1.05 bits per heavy atom. The molecule has 1 aliphatic heterocycles. The number of aryl methyl sites for hydroxylation is 1. The number of benzene rings is 2. The number of urea groups is 1. The number of hydrogen-bond acceptors (Lipinski definition) is 4. The maximum absolute atomic E-state index is 15.0. The van der Waals surface area contributed by atoms with Gasteiger partial charge in [0.25, 0.3) is 5.56 Å². The van der Waals surface area contributed by atoms with Gasteiger partial charge in [0.2, 0.25) is 5.91 Å². The van der Waals surface area contributed by atoms with E-state index in [0.29, 0.717) is 16.8 Å². The Hall–Kier alpha value is -3.90. The lowest BCUT2D eigenvalue weighted by atomic mass is 10.1. The van der Waals surface area contributed by atoms with Gasteiger partial charge in [-0.2, -0.15) is 13.2 Å². The summed E-state index contributed by atoms with van der Waals surface area (Å²) >= 11 is 5.87. The second kappa shape index (κ2) is 11.1. The first-order valence-corrected chi connectivity index (χ1v) is 12.0. The summed E-state index contributed by atoms with van der Waals surface area (Å²) in [6, 6.07) is 9.44. The molecular weight excluding hydrogens is 544 g/mol. The molecule has 0 radical (unpaired) electrons. The predicted molar refractivity (Wildman–Crippen MR) is 137 cm³/mol. The molecule has 2 heterocycles. The van der Waals surface area contributed by atoms with E-state index in [1.165, 1.54) is 31.1 Å². The summed E-state index contributed by atoms with van der Waals surface area (Å²) in [5, 5.41) is 5.61. The maximum Gasteiger partial charge on any atom is 0.416 e. The van der Waals surface area contributed by atoms with Crippen LogP contribution in [0.15, 0.2) is 59.4 Å². The summed E-state index contributed by atoms with van der Waals surface area (Å²) in [5.41, 5.74) is -1.95. The predicted octanol–water partition coefficient (Wildman–Crippen LogP) is 5.22. The summed E-state index contributed by atoms with van der Waals surface area (Å²) in [6.45, 7) is 1.41. The Labute approximate surface area is 225 Å². The van der Waals surface area contributed by atoms with Gasteiger partial charge in [-0.3, -0.25) is 14.2 Å². The first-order valence-electron chi connectivity index (χ1n) is 11.6. The van der Waals surface area contributed by atoms with Crippen LogP contribution in [0.2, 0.25) is 5.02 Å². The fourth-order valence-corrected chi connectivity index (χ4v) is 4.45. The lowest BCUT2D eigenvalue weighted by molar-refractivity contribution is -0.137. The lowest BCUT2D eigenvalue weighted by Gasteiger charge is -2.24. The number of aromatic nitrogens is 1. The van der Waals surface area contributed by atoms with Gasteiger partial charge in [0.1, 0.15) is 11.9 Å². The molecule has 3 aromatic rings. The number of anilines is 2. The van der Waals surface area contributed by atoms with E-state index >= 15 is 0 Å². The Morgan fingerprint density at radius 3 is 2.33 bits per heavy atom. The van der Waals surface area contributed by atoms with Crippen molar-refractivity contribution in [3.63, 3.8) is 0 Å². The van der Waals surface area contributed by atoms with Crippen LogP contribution in [0, 0.1) is 12.7 Å². The number of hydrogen-bond donors (Lipinski definition) is 2. The van der Waals surface area contributed by atoms with Gasteiger partial charge in [0, 0.05) is 48.6 Å². The third-order valence-corrected chi connectivity index (χ3v) is 6.52. The highest BCUT2D eigenvalue weighted by atomic mass is 35.5. The van der Waals surface area contributed by atoms with E-state index in [9.17, 15) is 31.9 Å². The molecule has 0 saturated carbocycles. The summed E-state index contributed by atoms with van der Waals surface area (Å²) in [7, 11) is 1.45. The quantitative estimate of drug-likeness (QED) is 0.414. The van der Waals surface area contributed by atoms with Crippen LogP contribution in [0.4, 0.5) is 33.7 Å². The van der Waals surface area contributed by atoms with Gasteiger partial charge in [-0.1, -0.05) is 11.6 Å². The van der Waals surface area contributed by atoms with Crippen molar-refractivity contribution in [2.75, 3.05) is 24.3 Å². The van der Waals surface area contributed by atoms with Crippen molar-refractivity contribution < 1.29 is 31.9 Å². The Morgan fingerprint density at radius 2 is 1.74 bits per heavy atom. The SMILES string of the molecule is COC1CC(C(=O)Nc2ccc(-n3c(C)cc(C(F)(F)F)cc3=O)cc2F)N(C(=O)Nc2ccc(Cl)cc2)C1. The second-order valence-corrected chi connectivity index (χ2v) is 9.35. The van der Waals surface area contributed by atoms with Crippen LogP contribution >= 0.6 is 11.6 Å². The van der Waals surface area contributed by atoms with Crippen LogP contribution in [0.3, 0.4) is 0 Å². The highest BCUT2D eigenvalue weighted by molar-refractivity contribution is 6.30. The smallest absolute Gasteiger partial charge is 0.380 e. The molecule has 1 saturated heterocycles. The first-order chi connectivity index (χ1) is 18.4. The van der Waals surface area contributed by atoms with Crippen LogP contribution in [0.1, 0.15) is 17.7 Å². The van der Waals surface area contributed by atoms with Crippen LogP contribution < -0.4 is 16.2 Å². The maximum atomic E-state index is 15.0. The zero-order chi connectivity index (χ0) is 28.5. The zero-order valence-electron chi connectivity index (χ0n) is 20.7. The minimum absolute atomic E-state index is 0.0222. The number of carbonyl (C=O) groups is 2. The number of carbonyl (C=O) groups excluding carboxylic acids is 2. The summed E-state index contributed by atoms with van der Waals surface area (Å²) in [4.78, 5) is 39.7. The van der Waals surface area contributed by atoms with E-state index in [1.807, 2.05) is 0 Å². The molecular formula is C26H23ClF4N4O4. The molecule has 0 bridgehead atoms. The summed E-state index contributed by atoms with van der Waals surface area (Å²) < 4.78 is 60.3. The topological polar surface area (TPSA) is 92.7 Å². The fourth-order valence-electron chi connectivity index (χ4n) is 4.33. The van der Waals surface area contributed by atoms with Gasteiger partial charge in [0.15, 0.2) is 0 Å². The molecule has 1 fully saturated rings. The number of nitrogens with one attached hydrogen (secondary N) is 2. The lowest BCUT2D eigenvalue weighted by Crippen LogP contribution is -2.45. The molecule has 39 heavy (non-hydrogen) atoms. The van der Waals surface area contributed by atoms with E-state index in [4.69, 9.17) is 16.3 Å². The third kappa shape index (κ3) is 6.23. The van der Waals surface area contributed by atoms with Gasteiger partial charge in [-0.15, -0.1) is 0 Å². The average molecular weight is 567 g/mol. The van der Waals surface area contributed by atoms with Crippen molar-refractivity contribution in [3.05, 3.63) is 87.0 Å². The standard InChI is InChI=1S/C26H23ClF4N4O4/c1-14-9-15(26(29,30)31)10-23(36)35(14)18-7-8-21(20(28)11-18)33-24(37)22-12-19(39-2)13-34(22)25(38)32-17-5-3-16(27)4-6-17/h3-11,19,22H,12-13H2,1-2H3,(H,32,38)(H,33,37). The highest BCUT2D eigenvalue weighted by Gasteiger charge is 2.40. The molecule has 1 aromatic heterocycles. The molecule has 8 nitrogen and oxygen atoms in total. The number of rotatable bonds is 5. The molecule has 1 aliphatic rings. The molecule has 2 aromatic carbocycles. The number of ether oxygens (including phenoxy) is 1. The number of nitrogens with zero attached hydrogens (tertiary/aromatic N) is 2. The van der Waals surface area contributed by atoms with E-state index < -0.39 is 47.2 Å². The van der Waals surface area contributed by atoms with Crippen molar-refractivity contribution in [1.82, 2.24) is 9.47 Å². The summed E-state index contributed by atoms with van der Waals surface area (Å²) in [6.07, 6.45) is -4.97. The fraction of sp³-hybridized carbons (Fsp3) is 0.269. The Bertz CT molecular complexity index is 1460. The van der Waals surface area contributed by atoms with Crippen LogP contribution in [-0.4, -0.2) is 47.2 Å². The molecule has 206 valence electrons. The van der Waals surface area contributed by atoms with Gasteiger partial charge in [0.05, 0.1) is 23.0 Å². The molecule has 13 heteroatoms. The average Bonchev–Trinajstić information content (AvgIpc) is 3.31. The van der Waals surface area contributed by atoms with Crippen molar-refractivity contribution in [2.45, 2.75) is 31.7 Å². The zero-order valence-corrected chi connectivity index (χ0v) is 21.4. The number of pyridine rings is 1. The van der Waals surface area contributed by atoms with Crippen molar-refractivity contribution >= 4 is 34.9 Å². The number of likely N-dealkylation sites (tertiary alicyclic amines) is 1. The van der Waals surface area contributed by atoms with Gasteiger partial charge >= 0.3 is 12.2 Å². The molecule has 2 unspecified atom stereocenters. The van der Waals surface area contributed by atoms with Crippen molar-refractivity contribution in [1.29, 1.82) is 0 Å². The highest BCUT2D eigenvalue weighted by Crippen LogP contribution is 2.30. The Balaban J connectivity index is 1.53. The molecule has 2 atom stereocenters. The van der Waals surface area contributed by atoms with E-state index in [1.54, 1.807) is 24.3 Å². The van der Waals surface area contributed by atoms with E-state index in [-0.39, 0.29) is 30.0 Å². The molecule has 0 aliphatic carbocycles. The summed E-state index contributed by atoms with van der Waals surface area (Å²) in [5.74, 6) is -1.60. The largest absolute Gasteiger partial charge is 0.416 e. The number of alkyl halides is 3. The normalized spacial score (nSPS) is 17.3. The van der Waals surface area contributed by atoms with Gasteiger partial charge in [-0.05, 0) is 49.4 Å². The van der Waals surface area contributed by atoms with E-state index in [0.717, 1.165) is 16.7 Å². The number of amides is 3. The number of methoxy groups -OCH3 is 1. The minimum atomic E-state index is -4.70.